The van der Waals surface area contributed by atoms with Crippen molar-refractivity contribution >= 4 is 54.4 Å². The van der Waals surface area contributed by atoms with E-state index in [2.05, 4.69) is 215 Å². The summed E-state index contributed by atoms with van der Waals surface area (Å²) in [7, 11) is 0. The summed E-state index contributed by atoms with van der Waals surface area (Å²) in [6.45, 7) is 0. The molecule has 12 rings (SSSR count). The van der Waals surface area contributed by atoms with Crippen molar-refractivity contribution in [1.82, 2.24) is 24.1 Å². The minimum atomic E-state index is 0.614. The fourth-order valence-electron chi connectivity index (χ4n) is 8.89. The molecule has 5 nitrogen and oxygen atoms in total. The van der Waals surface area contributed by atoms with Gasteiger partial charge in [0.25, 0.3) is 0 Å². The van der Waals surface area contributed by atoms with Gasteiger partial charge in [0, 0.05) is 49.6 Å². The Bertz CT molecular complexity index is 3580. The maximum absolute atomic E-state index is 5.23. The number of hydrogen-bond donors (Lipinski definition) is 0. The molecule has 0 aliphatic heterocycles. The minimum absolute atomic E-state index is 0.614. The maximum Gasteiger partial charge on any atom is 0.164 e. The molecule has 0 fully saturated rings. The molecule has 0 saturated heterocycles. The molecule has 3 heterocycles. The highest BCUT2D eigenvalue weighted by molar-refractivity contribution is 6.14. The normalized spacial score (nSPS) is 11.7. The molecular weight excluding hydrogens is 731 g/mol. The lowest BCUT2D eigenvalue weighted by atomic mass is 10.0. The molecule has 0 bridgehead atoms. The van der Waals surface area contributed by atoms with Gasteiger partial charge in [-0.1, -0.05) is 140 Å². The number of fused-ring (bicyclic) bond motifs is 7. The van der Waals surface area contributed by atoms with Crippen LogP contribution in [0.5, 0.6) is 0 Å². The van der Waals surface area contributed by atoms with Crippen molar-refractivity contribution in [2.75, 3.05) is 0 Å². The van der Waals surface area contributed by atoms with E-state index in [1.807, 2.05) is 6.07 Å². The molecule has 0 amide bonds. The zero-order valence-corrected chi connectivity index (χ0v) is 32.4. The van der Waals surface area contributed by atoms with Crippen LogP contribution in [-0.2, 0) is 0 Å². The fourth-order valence-corrected chi connectivity index (χ4v) is 8.89. The summed E-state index contributed by atoms with van der Waals surface area (Å²) in [5, 5.41) is 7.30. The van der Waals surface area contributed by atoms with Crippen LogP contribution >= 0.6 is 0 Å². The first-order valence-electron chi connectivity index (χ1n) is 20.3. The van der Waals surface area contributed by atoms with E-state index in [9.17, 15) is 0 Å². The minimum Gasteiger partial charge on any atom is -0.309 e. The topological polar surface area (TPSA) is 48.5 Å². The van der Waals surface area contributed by atoms with Crippen LogP contribution in [0.15, 0.2) is 212 Å². The Morgan fingerprint density at radius 1 is 0.250 bits per heavy atom. The number of benzene rings is 9. The van der Waals surface area contributed by atoms with Gasteiger partial charge in [-0.2, -0.15) is 0 Å². The van der Waals surface area contributed by atoms with Crippen LogP contribution in [0, 0.1) is 0 Å². The summed E-state index contributed by atoms with van der Waals surface area (Å²) >= 11 is 0. The zero-order chi connectivity index (χ0) is 39.6. The van der Waals surface area contributed by atoms with Crippen LogP contribution in [-0.4, -0.2) is 24.1 Å². The highest BCUT2D eigenvalue weighted by atomic mass is 15.0. The van der Waals surface area contributed by atoms with E-state index >= 15 is 0 Å². The van der Waals surface area contributed by atoms with E-state index in [-0.39, 0.29) is 0 Å². The zero-order valence-electron chi connectivity index (χ0n) is 32.4. The van der Waals surface area contributed by atoms with Crippen molar-refractivity contribution in [2.24, 2.45) is 0 Å². The van der Waals surface area contributed by atoms with Gasteiger partial charge in [0.1, 0.15) is 0 Å². The molecule has 0 aliphatic rings. The summed E-state index contributed by atoms with van der Waals surface area (Å²) < 4.78 is 4.69. The van der Waals surface area contributed by atoms with E-state index in [0.29, 0.717) is 17.5 Å². The Kier molecular flexibility index (Phi) is 7.78. The van der Waals surface area contributed by atoms with Gasteiger partial charge >= 0.3 is 0 Å². The number of hydrogen-bond acceptors (Lipinski definition) is 3. The molecule has 0 spiro atoms. The first-order chi connectivity index (χ1) is 29.7. The molecule has 12 aromatic rings. The molecule has 0 saturated carbocycles. The second kappa shape index (κ2) is 13.8. The average molecular weight is 766 g/mol. The lowest BCUT2D eigenvalue weighted by Gasteiger charge is -2.12. The van der Waals surface area contributed by atoms with Crippen LogP contribution in [0.3, 0.4) is 0 Å². The highest BCUT2D eigenvalue weighted by Crippen LogP contribution is 2.37. The van der Waals surface area contributed by atoms with Gasteiger partial charge in [-0.15, -0.1) is 0 Å². The predicted molar refractivity (Wildman–Crippen MR) is 248 cm³/mol. The second-order valence-corrected chi connectivity index (χ2v) is 15.3. The summed E-state index contributed by atoms with van der Waals surface area (Å²) in [5.41, 5.74) is 11.8. The van der Waals surface area contributed by atoms with Crippen molar-refractivity contribution < 1.29 is 0 Å². The molecule has 0 unspecified atom stereocenters. The molecule has 0 N–H and O–H groups in total. The van der Waals surface area contributed by atoms with Crippen molar-refractivity contribution in [2.45, 2.75) is 0 Å². The van der Waals surface area contributed by atoms with Gasteiger partial charge in [-0.3, -0.25) is 0 Å². The van der Waals surface area contributed by atoms with Crippen molar-refractivity contribution in [3.8, 4) is 56.7 Å². The van der Waals surface area contributed by atoms with Crippen LogP contribution in [0.25, 0.3) is 111 Å². The number of rotatable bonds is 6. The Morgan fingerprint density at radius 3 is 1.42 bits per heavy atom. The quantitative estimate of drug-likeness (QED) is 0.169. The van der Waals surface area contributed by atoms with Gasteiger partial charge in [0.15, 0.2) is 17.5 Å². The van der Waals surface area contributed by atoms with E-state index in [1.54, 1.807) is 0 Å². The van der Waals surface area contributed by atoms with Crippen LogP contribution in [0.2, 0.25) is 0 Å². The average Bonchev–Trinajstić information content (AvgIpc) is 3.83. The monoisotopic (exact) mass is 765 g/mol. The molecule has 0 atom stereocenters. The van der Waals surface area contributed by atoms with Crippen LogP contribution < -0.4 is 0 Å². The fraction of sp³-hybridized carbons (Fsp3) is 0. The maximum atomic E-state index is 5.23. The Morgan fingerprint density at radius 2 is 0.717 bits per heavy atom. The van der Waals surface area contributed by atoms with Crippen molar-refractivity contribution in [3.63, 3.8) is 0 Å². The van der Waals surface area contributed by atoms with E-state index in [1.165, 1.54) is 43.4 Å². The van der Waals surface area contributed by atoms with E-state index in [4.69, 9.17) is 15.0 Å². The molecule has 0 radical (unpaired) electrons. The smallest absolute Gasteiger partial charge is 0.164 e. The van der Waals surface area contributed by atoms with Crippen molar-refractivity contribution in [3.05, 3.63) is 212 Å². The first kappa shape index (κ1) is 33.9. The molecular formula is C55H35N5. The Balaban J connectivity index is 1.03. The predicted octanol–water partition coefficient (Wildman–Crippen LogP) is 13.9. The molecule has 60 heavy (non-hydrogen) atoms. The summed E-state index contributed by atoms with van der Waals surface area (Å²) in [6.07, 6.45) is 0. The third-order valence-corrected chi connectivity index (χ3v) is 11.7. The highest BCUT2D eigenvalue weighted by Gasteiger charge is 2.18. The molecule has 0 aliphatic carbocycles. The Labute approximate surface area is 346 Å². The lowest BCUT2D eigenvalue weighted by Crippen LogP contribution is -2.01. The largest absolute Gasteiger partial charge is 0.309 e. The standard InChI is InChI=1S/C55H35N5/c1-3-14-36(15-4-1)38-18-13-19-41(32-38)54-56-53(57-55(58-54)42-28-31-47-45-22-9-11-24-49(45)59(51(47)35-42)43-20-5-2-6-21-43)37-26-29-44(30-27-37)60-50-25-12-10-23-46(50)48-33-39-16-7-8-17-40(39)34-52(48)60/h1-35H. The SMILES string of the molecule is c1ccc(-c2cccc(-c3nc(-c4ccc(-n5c6ccccc6c6cc7ccccc7cc65)cc4)nc(-c4ccc5c6ccccc6n(-c6ccccc6)c5c4)n3)c2)cc1. The van der Waals surface area contributed by atoms with Gasteiger partial charge in [-0.25, -0.2) is 15.0 Å². The van der Waals surface area contributed by atoms with Crippen LogP contribution in [0.1, 0.15) is 0 Å². The van der Waals surface area contributed by atoms with Gasteiger partial charge in [0.2, 0.25) is 0 Å². The summed E-state index contributed by atoms with van der Waals surface area (Å²) in [6, 6.07) is 75.1. The van der Waals surface area contributed by atoms with Gasteiger partial charge in [-0.05, 0) is 94.7 Å². The van der Waals surface area contributed by atoms with Gasteiger partial charge in [0.05, 0.1) is 22.1 Å². The first-order valence-corrected chi connectivity index (χ1v) is 20.3. The third-order valence-electron chi connectivity index (χ3n) is 11.7. The second-order valence-electron chi connectivity index (χ2n) is 15.3. The van der Waals surface area contributed by atoms with Crippen molar-refractivity contribution in [1.29, 1.82) is 0 Å². The summed E-state index contributed by atoms with van der Waals surface area (Å²) in [5.74, 6) is 1.85. The molecule has 5 heteroatoms. The van der Waals surface area contributed by atoms with E-state index in [0.717, 1.165) is 50.2 Å². The summed E-state index contributed by atoms with van der Waals surface area (Å²) in [4.78, 5) is 15.6. The van der Waals surface area contributed by atoms with E-state index < -0.39 is 0 Å². The Hall–Kier alpha value is -8.15. The third kappa shape index (κ3) is 5.59. The van der Waals surface area contributed by atoms with Crippen LogP contribution in [0.4, 0.5) is 0 Å². The number of para-hydroxylation sites is 3. The molecule has 3 aromatic heterocycles. The van der Waals surface area contributed by atoms with Gasteiger partial charge < -0.3 is 9.13 Å². The lowest BCUT2D eigenvalue weighted by molar-refractivity contribution is 1.07. The number of aromatic nitrogens is 5. The molecule has 9 aromatic carbocycles. The number of nitrogens with zero attached hydrogens (tertiary/aromatic N) is 5. The molecule has 280 valence electrons.